The third kappa shape index (κ3) is 2.56. The van der Waals surface area contributed by atoms with E-state index in [2.05, 4.69) is 10.3 Å². The molecule has 0 radical (unpaired) electrons. The number of nitrogens with zero attached hydrogens (tertiary/aromatic N) is 2. The molecule has 2 rings (SSSR count). The van der Waals surface area contributed by atoms with Crippen molar-refractivity contribution in [3.8, 4) is 0 Å². The quantitative estimate of drug-likeness (QED) is 0.745. The number of rotatable bonds is 4. The van der Waals surface area contributed by atoms with Crippen LogP contribution in [0.1, 0.15) is 22.5 Å². The number of aromatic nitrogens is 1. The van der Waals surface area contributed by atoms with Gasteiger partial charge in [-0.05, 0) is 18.8 Å². The highest BCUT2D eigenvalue weighted by Gasteiger charge is 2.29. The summed E-state index contributed by atoms with van der Waals surface area (Å²) >= 11 is 1.28. The first kappa shape index (κ1) is 13.1. The topological polar surface area (TPSA) is 91.5 Å². The summed E-state index contributed by atoms with van der Waals surface area (Å²) in [5, 5.41) is 12.4. The van der Waals surface area contributed by atoms with E-state index in [1.165, 1.54) is 11.3 Å². The molecule has 1 aromatic heterocycles. The van der Waals surface area contributed by atoms with Gasteiger partial charge in [-0.3, -0.25) is 4.79 Å². The van der Waals surface area contributed by atoms with Gasteiger partial charge in [-0.25, -0.2) is 4.98 Å². The molecule has 1 amide bonds. The van der Waals surface area contributed by atoms with Crippen molar-refractivity contribution in [2.45, 2.75) is 12.8 Å². The van der Waals surface area contributed by atoms with Gasteiger partial charge in [0.25, 0.3) is 5.91 Å². The molecule has 1 aliphatic rings. The number of amides is 1. The van der Waals surface area contributed by atoms with Crippen LogP contribution in [-0.4, -0.2) is 47.6 Å². The van der Waals surface area contributed by atoms with E-state index in [0.717, 1.165) is 19.4 Å². The average molecular weight is 270 g/mol. The number of nitrogens with one attached hydrogen (secondary N) is 1. The number of anilines is 2. The Morgan fingerprint density at radius 2 is 2.50 bits per heavy atom. The molecule has 0 bridgehead atoms. The number of aliphatic hydroxyl groups is 1. The lowest BCUT2D eigenvalue weighted by molar-refractivity contribution is 0.0790. The highest BCUT2D eigenvalue weighted by molar-refractivity contribution is 7.18. The van der Waals surface area contributed by atoms with Gasteiger partial charge in [0, 0.05) is 26.7 Å². The number of likely N-dealkylation sites (tertiary alicyclic amines) is 1. The first-order valence-corrected chi connectivity index (χ1v) is 6.81. The summed E-state index contributed by atoms with van der Waals surface area (Å²) in [6.45, 7) is 1.61. The van der Waals surface area contributed by atoms with E-state index >= 15 is 0 Å². The summed E-state index contributed by atoms with van der Waals surface area (Å²) in [5.74, 6) is 0.642. The Bertz CT molecular complexity index is 435. The Morgan fingerprint density at radius 1 is 1.72 bits per heavy atom. The van der Waals surface area contributed by atoms with Crippen LogP contribution >= 0.6 is 11.3 Å². The molecular weight excluding hydrogens is 252 g/mol. The standard InChI is InChI=1S/C11H18N4O2S/c1-13-11-14-9(12)8(18-11)10(17)15-4-2-7(6-15)3-5-16/h7,16H,2-6,12H2,1H3,(H,13,14). The molecule has 0 saturated carbocycles. The fourth-order valence-electron chi connectivity index (χ4n) is 2.17. The van der Waals surface area contributed by atoms with Gasteiger partial charge < -0.3 is 21.1 Å². The van der Waals surface area contributed by atoms with Crippen LogP contribution in [0.2, 0.25) is 0 Å². The summed E-state index contributed by atoms with van der Waals surface area (Å²) in [5.41, 5.74) is 5.75. The smallest absolute Gasteiger partial charge is 0.267 e. The third-order valence-corrected chi connectivity index (χ3v) is 4.25. The van der Waals surface area contributed by atoms with Crippen molar-refractivity contribution in [2.75, 3.05) is 37.8 Å². The van der Waals surface area contributed by atoms with E-state index in [9.17, 15) is 4.79 Å². The van der Waals surface area contributed by atoms with E-state index in [1.807, 2.05) is 0 Å². The molecule has 0 aliphatic carbocycles. The van der Waals surface area contributed by atoms with Gasteiger partial charge in [0.15, 0.2) is 5.13 Å². The summed E-state index contributed by atoms with van der Waals surface area (Å²) in [4.78, 5) is 18.6. The van der Waals surface area contributed by atoms with Gasteiger partial charge >= 0.3 is 0 Å². The van der Waals surface area contributed by atoms with Crippen molar-refractivity contribution in [3.63, 3.8) is 0 Å². The Hall–Kier alpha value is -1.34. The average Bonchev–Trinajstić information content (AvgIpc) is 2.95. The van der Waals surface area contributed by atoms with Crippen molar-refractivity contribution >= 4 is 28.2 Å². The van der Waals surface area contributed by atoms with E-state index in [4.69, 9.17) is 10.8 Å². The number of hydrogen-bond acceptors (Lipinski definition) is 6. The maximum Gasteiger partial charge on any atom is 0.267 e. The monoisotopic (exact) mass is 270 g/mol. The van der Waals surface area contributed by atoms with Crippen molar-refractivity contribution in [1.29, 1.82) is 0 Å². The Morgan fingerprint density at radius 3 is 3.11 bits per heavy atom. The number of hydrogen-bond donors (Lipinski definition) is 3. The molecule has 1 atom stereocenters. The molecule has 2 heterocycles. The number of carbonyl (C=O) groups excluding carboxylic acids is 1. The second kappa shape index (κ2) is 5.53. The molecule has 1 unspecified atom stereocenters. The molecule has 1 saturated heterocycles. The Balaban J connectivity index is 2.05. The lowest BCUT2D eigenvalue weighted by Gasteiger charge is -2.15. The maximum atomic E-state index is 12.3. The van der Waals surface area contributed by atoms with Crippen LogP contribution in [0.5, 0.6) is 0 Å². The maximum absolute atomic E-state index is 12.3. The Kier molecular flexibility index (Phi) is 4.03. The van der Waals surface area contributed by atoms with Crippen molar-refractivity contribution < 1.29 is 9.90 Å². The van der Waals surface area contributed by atoms with Crippen LogP contribution in [0.3, 0.4) is 0 Å². The molecule has 7 heteroatoms. The zero-order chi connectivity index (χ0) is 13.1. The number of carbonyl (C=O) groups is 1. The molecular formula is C11H18N4O2S. The first-order chi connectivity index (χ1) is 8.65. The summed E-state index contributed by atoms with van der Waals surface area (Å²) in [6, 6.07) is 0. The van der Waals surface area contributed by atoms with Crippen molar-refractivity contribution in [3.05, 3.63) is 4.88 Å². The zero-order valence-corrected chi connectivity index (χ0v) is 11.2. The Labute approximate surface area is 110 Å². The van der Waals surface area contributed by atoms with Crippen LogP contribution in [0, 0.1) is 5.92 Å². The minimum Gasteiger partial charge on any atom is -0.396 e. The minimum absolute atomic E-state index is 0.0491. The SMILES string of the molecule is CNc1nc(N)c(C(=O)N2CCC(CCO)C2)s1. The normalized spacial score (nSPS) is 19.2. The zero-order valence-electron chi connectivity index (χ0n) is 10.3. The molecule has 100 valence electrons. The van der Waals surface area contributed by atoms with E-state index in [-0.39, 0.29) is 12.5 Å². The highest BCUT2D eigenvalue weighted by atomic mass is 32.1. The number of nitrogen functional groups attached to an aromatic ring is 1. The molecule has 18 heavy (non-hydrogen) atoms. The molecule has 4 N–H and O–H groups in total. The summed E-state index contributed by atoms with van der Waals surface area (Å²) in [7, 11) is 1.75. The molecule has 0 aromatic carbocycles. The number of nitrogens with two attached hydrogens (primary N) is 1. The molecule has 1 fully saturated rings. The van der Waals surface area contributed by atoms with Crippen LogP contribution in [0.25, 0.3) is 0 Å². The largest absolute Gasteiger partial charge is 0.396 e. The van der Waals surface area contributed by atoms with Gasteiger partial charge in [0.2, 0.25) is 0 Å². The summed E-state index contributed by atoms with van der Waals surface area (Å²) < 4.78 is 0. The van der Waals surface area contributed by atoms with E-state index in [0.29, 0.717) is 28.3 Å². The van der Waals surface area contributed by atoms with Gasteiger partial charge in [0.1, 0.15) is 10.7 Å². The highest BCUT2D eigenvalue weighted by Crippen LogP contribution is 2.28. The van der Waals surface area contributed by atoms with E-state index < -0.39 is 0 Å². The second-order valence-electron chi connectivity index (χ2n) is 4.40. The first-order valence-electron chi connectivity index (χ1n) is 6.00. The molecule has 6 nitrogen and oxygen atoms in total. The number of aliphatic hydroxyl groups excluding tert-OH is 1. The van der Waals surface area contributed by atoms with Crippen molar-refractivity contribution in [2.24, 2.45) is 5.92 Å². The van der Waals surface area contributed by atoms with Gasteiger partial charge in [-0.15, -0.1) is 0 Å². The second-order valence-corrected chi connectivity index (χ2v) is 5.40. The molecule has 1 aromatic rings. The fourth-order valence-corrected chi connectivity index (χ4v) is 2.98. The minimum atomic E-state index is -0.0491. The third-order valence-electron chi connectivity index (χ3n) is 3.17. The van der Waals surface area contributed by atoms with Crippen LogP contribution in [0.4, 0.5) is 10.9 Å². The van der Waals surface area contributed by atoms with E-state index in [1.54, 1.807) is 11.9 Å². The lowest BCUT2D eigenvalue weighted by Crippen LogP contribution is -2.28. The fraction of sp³-hybridized carbons (Fsp3) is 0.636. The molecule has 1 aliphatic heterocycles. The van der Waals surface area contributed by atoms with Gasteiger partial charge in [-0.1, -0.05) is 11.3 Å². The summed E-state index contributed by atoms with van der Waals surface area (Å²) in [6.07, 6.45) is 1.70. The van der Waals surface area contributed by atoms with Gasteiger partial charge in [0.05, 0.1) is 0 Å². The number of thiazole rings is 1. The predicted octanol–water partition coefficient (Wildman–Crippen LogP) is 0.611. The van der Waals surface area contributed by atoms with Crippen LogP contribution in [-0.2, 0) is 0 Å². The van der Waals surface area contributed by atoms with Crippen molar-refractivity contribution in [1.82, 2.24) is 9.88 Å². The molecule has 0 spiro atoms. The van der Waals surface area contributed by atoms with Gasteiger partial charge in [-0.2, -0.15) is 0 Å². The lowest BCUT2D eigenvalue weighted by atomic mass is 10.1. The van der Waals surface area contributed by atoms with Crippen LogP contribution in [0.15, 0.2) is 0 Å². The van der Waals surface area contributed by atoms with Crippen LogP contribution < -0.4 is 11.1 Å². The predicted molar refractivity (Wildman–Crippen MR) is 71.8 cm³/mol.